The summed E-state index contributed by atoms with van der Waals surface area (Å²) in [6, 6.07) is -3.04. The van der Waals surface area contributed by atoms with Crippen LogP contribution in [0.15, 0.2) is 11.4 Å². The summed E-state index contributed by atoms with van der Waals surface area (Å²) in [6.45, 7) is -0.0932. The Hall–Kier alpha value is -2.71. The molecule has 3 heterocycles. The fraction of sp³-hybridized carbons (Fsp3) is 0.400. The van der Waals surface area contributed by atoms with Gasteiger partial charge in [0.25, 0.3) is 5.91 Å². The molecule has 1 aromatic heterocycles. The highest BCUT2D eigenvalue weighted by molar-refractivity contribution is 7.80. The summed E-state index contributed by atoms with van der Waals surface area (Å²) >= 11 is 0. The van der Waals surface area contributed by atoms with Crippen molar-refractivity contribution in [1.29, 1.82) is 0 Å². The van der Waals surface area contributed by atoms with Gasteiger partial charge in [0.15, 0.2) is 5.71 Å². The minimum atomic E-state index is -4.95. The zero-order valence-corrected chi connectivity index (χ0v) is 12.9. The number of hydroxylamine groups is 2. The Balaban J connectivity index is 2.16. The predicted molar refractivity (Wildman–Crippen MR) is 73.7 cm³/mol. The Bertz CT molecular complexity index is 861. The van der Waals surface area contributed by atoms with Crippen molar-refractivity contribution >= 4 is 28.0 Å². The molecule has 2 atom stereocenters. The van der Waals surface area contributed by atoms with E-state index in [1.807, 2.05) is 0 Å². The highest BCUT2D eigenvalue weighted by Gasteiger charge is 2.53. The van der Waals surface area contributed by atoms with E-state index in [1.165, 1.54) is 17.9 Å². The molecule has 3 amide bonds. The summed E-state index contributed by atoms with van der Waals surface area (Å²) in [4.78, 5) is 25.0. The third-order valence-electron chi connectivity index (χ3n) is 3.82. The van der Waals surface area contributed by atoms with Crippen LogP contribution < -0.4 is 5.73 Å². The molecule has 13 nitrogen and oxygen atoms in total. The summed E-state index contributed by atoms with van der Waals surface area (Å²) in [5.41, 5.74) is 5.32. The van der Waals surface area contributed by atoms with Crippen LogP contribution in [0.25, 0.3) is 0 Å². The Morgan fingerprint density at radius 3 is 2.75 bits per heavy atom. The van der Waals surface area contributed by atoms with Gasteiger partial charge in [-0.15, -0.1) is 4.28 Å². The molecule has 3 rings (SSSR count). The van der Waals surface area contributed by atoms with Gasteiger partial charge in [-0.2, -0.15) is 18.6 Å². The lowest BCUT2D eigenvalue weighted by molar-refractivity contribution is -0.112. The number of fused-ring (bicyclic) bond motifs is 4. The van der Waals surface area contributed by atoms with Crippen molar-refractivity contribution in [2.45, 2.75) is 12.1 Å². The van der Waals surface area contributed by atoms with Crippen LogP contribution in [-0.4, -0.2) is 62.1 Å². The number of rotatable bonds is 4. The molecular formula is C10H12N6O7S. The molecule has 130 valence electrons. The number of carbonyl (C=O) groups is 2. The molecule has 1 saturated heterocycles. The van der Waals surface area contributed by atoms with E-state index in [0.717, 1.165) is 4.90 Å². The standard InChI is InChI=1S/C10H12N6O7S/c1-14-7-4(2-12-14)5-3-15(8(7)6(13-19)9(11)17)10(18)16(5)23-24(20,21)22/h2,5,8,19H,3H2,1H3,(H2,11,17)(H,20,21,22)/b13-6-/t5-,8-/m1/s1. The first-order chi connectivity index (χ1) is 11.2. The van der Waals surface area contributed by atoms with Crippen LogP contribution in [0.2, 0.25) is 0 Å². The number of amides is 3. The van der Waals surface area contributed by atoms with Crippen LogP contribution in [-0.2, 0) is 26.5 Å². The lowest BCUT2D eigenvalue weighted by Gasteiger charge is -2.30. The maximum Gasteiger partial charge on any atom is 0.418 e. The SMILES string of the molecule is Cn1ncc2c1[C@@H](/C(=N/O)C(N)=O)N1C[C@H]2N(OS(=O)(=O)O)C1=O. The molecule has 1 aromatic rings. The summed E-state index contributed by atoms with van der Waals surface area (Å²) in [5.74, 6) is -1.07. The molecule has 24 heavy (non-hydrogen) atoms. The zero-order valence-electron chi connectivity index (χ0n) is 12.1. The van der Waals surface area contributed by atoms with Gasteiger partial charge >= 0.3 is 16.4 Å². The molecular weight excluding hydrogens is 348 g/mol. The number of nitrogens with two attached hydrogens (primary N) is 1. The van der Waals surface area contributed by atoms with Crippen molar-refractivity contribution in [3.05, 3.63) is 17.5 Å². The van der Waals surface area contributed by atoms with E-state index in [0.29, 0.717) is 16.3 Å². The molecule has 0 spiro atoms. The second kappa shape index (κ2) is 5.15. The van der Waals surface area contributed by atoms with E-state index in [9.17, 15) is 18.0 Å². The van der Waals surface area contributed by atoms with Gasteiger partial charge in [-0.3, -0.25) is 14.0 Å². The molecule has 14 heteroatoms. The second-order valence-electron chi connectivity index (χ2n) is 5.14. The lowest BCUT2D eigenvalue weighted by Crippen LogP contribution is -2.44. The van der Waals surface area contributed by atoms with Crippen LogP contribution in [0, 0.1) is 0 Å². The van der Waals surface area contributed by atoms with Crippen molar-refractivity contribution in [3.8, 4) is 0 Å². The highest BCUT2D eigenvalue weighted by atomic mass is 32.3. The van der Waals surface area contributed by atoms with Crippen LogP contribution in [0.5, 0.6) is 0 Å². The minimum Gasteiger partial charge on any atom is -0.410 e. The van der Waals surface area contributed by atoms with Crippen molar-refractivity contribution in [2.24, 2.45) is 17.9 Å². The van der Waals surface area contributed by atoms with E-state index < -0.39 is 40.1 Å². The van der Waals surface area contributed by atoms with Crippen LogP contribution in [0.3, 0.4) is 0 Å². The van der Waals surface area contributed by atoms with E-state index in [1.54, 1.807) is 0 Å². The summed E-state index contributed by atoms with van der Waals surface area (Å²) in [5, 5.41) is 16.4. The van der Waals surface area contributed by atoms with Gasteiger partial charge in [-0.05, 0) is 0 Å². The zero-order chi connectivity index (χ0) is 17.8. The van der Waals surface area contributed by atoms with E-state index in [-0.39, 0.29) is 6.54 Å². The van der Waals surface area contributed by atoms with Gasteiger partial charge in [0, 0.05) is 12.6 Å². The number of hydrogen-bond acceptors (Lipinski definition) is 8. The number of carbonyl (C=O) groups excluding carboxylic acids is 2. The molecule has 0 unspecified atom stereocenters. The smallest absolute Gasteiger partial charge is 0.410 e. The Morgan fingerprint density at radius 1 is 1.54 bits per heavy atom. The number of aromatic nitrogens is 2. The van der Waals surface area contributed by atoms with E-state index in [2.05, 4.69) is 14.5 Å². The largest absolute Gasteiger partial charge is 0.418 e. The molecule has 2 aliphatic rings. The number of oxime groups is 1. The van der Waals surface area contributed by atoms with Gasteiger partial charge in [-0.1, -0.05) is 5.16 Å². The van der Waals surface area contributed by atoms with Crippen molar-refractivity contribution in [3.63, 3.8) is 0 Å². The first-order valence-electron chi connectivity index (χ1n) is 6.46. The monoisotopic (exact) mass is 360 g/mol. The molecule has 1 fully saturated rings. The maximum absolute atomic E-state index is 12.4. The van der Waals surface area contributed by atoms with Crippen molar-refractivity contribution < 1.29 is 32.1 Å². The third-order valence-corrected chi connectivity index (χ3v) is 4.17. The molecule has 0 aromatic carbocycles. The normalized spacial score (nSPS) is 23.6. The number of aryl methyl sites for hydroxylation is 1. The topological polar surface area (TPSA) is 181 Å². The summed E-state index contributed by atoms with van der Waals surface area (Å²) < 4.78 is 36.5. The molecule has 2 bridgehead atoms. The van der Waals surface area contributed by atoms with Gasteiger partial charge in [0.05, 0.1) is 18.4 Å². The minimum absolute atomic E-state index is 0.0932. The van der Waals surface area contributed by atoms with E-state index >= 15 is 0 Å². The predicted octanol–water partition coefficient (Wildman–Crippen LogP) is -1.70. The Labute approximate surface area is 134 Å². The quantitative estimate of drug-likeness (QED) is 0.246. The fourth-order valence-corrected chi connectivity index (χ4v) is 3.31. The molecule has 2 aliphatic heterocycles. The first-order valence-corrected chi connectivity index (χ1v) is 7.82. The van der Waals surface area contributed by atoms with Gasteiger partial charge in [-0.25, -0.2) is 4.79 Å². The average Bonchev–Trinajstić information content (AvgIpc) is 2.96. The van der Waals surface area contributed by atoms with Gasteiger partial charge < -0.3 is 15.8 Å². The molecule has 0 aliphatic carbocycles. The fourth-order valence-electron chi connectivity index (χ4n) is 2.94. The third kappa shape index (κ3) is 2.27. The van der Waals surface area contributed by atoms with Crippen molar-refractivity contribution in [2.75, 3.05) is 6.54 Å². The maximum atomic E-state index is 12.4. The summed E-state index contributed by atoms with van der Waals surface area (Å²) in [7, 11) is -3.43. The van der Waals surface area contributed by atoms with Gasteiger partial charge in [0.2, 0.25) is 0 Å². The first kappa shape index (κ1) is 16.2. The molecule has 4 N–H and O–H groups in total. The molecule has 0 radical (unpaired) electrons. The number of nitrogens with zero attached hydrogens (tertiary/aromatic N) is 5. The average molecular weight is 360 g/mol. The lowest BCUT2D eigenvalue weighted by atomic mass is 9.94. The van der Waals surface area contributed by atoms with Crippen molar-refractivity contribution in [1.82, 2.24) is 19.7 Å². The van der Waals surface area contributed by atoms with Crippen LogP contribution >= 0.6 is 0 Å². The number of primary amides is 1. The van der Waals surface area contributed by atoms with Gasteiger partial charge in [0.1, 0.15) is 12.1 Å². The Morgan fingerprint density at radius 2 is 2.21 bits per heavy atom. The number of hydrogen-bond donors (Lipinski definition) is 3. The van der Waals surface area contributed by atoms with Crippen LogP contribution in [0.4, 0.5) is 4.79 Å². The van der Waals surface area contributed by atoms with E-state index in [4.69, 9.17) is 15.5 Å². The number of urea groups is 1. The molecule has 0 saturated carbocycles. The van der Waals surface area contributed by atoms with Crippen LogP contribution in [0.1, 0.15) is 23.3 Å². The Kier molecular flexibility index (Phi) is 3.47. The highest BCUT2D eigenvalue weighted by Crippen LogP contribution is 2.44. The summed E-state index contributed by atoms with van der Waals surface area (Å²) in [6.07, 6.45) is 1.35. The second-order valence-corrected chi connectivity index (χ2v) is 6.14.